The zero-order valence-electron chi connectivity index (χ0n) is 10.4. The normalized spacial score (nSPS) is 10.0. The Balaban J connectivity index is 2.17. The number of hydrogen-bond acceptors (Lipinski definition) is 4. The van der Waals surface area contributed by atoms with E-state index >= 15 is 0 Å². The van der Waals surface area contributed by atoms with Crippen LogP contribution in [-0.2, 0) is 6.54 Å². The fourth-order valence-corrected chi connectivity index (χ4v) is 1.66. The van der Waals surface area contributed by atoms with Gasteiger partial charge in [-0.3, -0.25) is 0 Å². The van der Waals surface area contributed by atoms with E-state index in [-0.39, 0.29) is 11.8 Å². The lowest BCUT2D eigenvalue weighted by Crippen LogP contribution is -2.25. The van der Waals surface area contributed by atoms with Gasteiger partial charge in [0.2, 0.25) is 0 Å². The van der Waals surface area contributed by atoms with E-state index in [1.54, 1.807) is 29.6 Å². The fourth-order valence-electron chi connectivity index (χ4n) is 1.66. The summed E-state index contributed by atoms with van der Waals surface area (Å²) in [5, 5.41) is 15.7. The molecule has 0 atom stereocenters. The predicted octanol–water partition coefficient (Wildman–Crippen LogP) is 1.59. The number of anilines is 2. The first-order valence-corrected chi connectivity index (χ1v) is 5.69. The van der Waals surface area contributed by atoms with Crippen LogP contribution in [0.15, 0.2) is 36.8 Å². The molecule has 0 bridgehead atoms. The summed E-state index contributed by atoms with van der Waals surface area (Å²) in [5.74, 6) is 0.261. The molecule has 3 N–H and O–H groups in total. The van der Waals surface area contributed by atoms with Gasteiger partial charge in [0.1, 0.15) is 5.82 Å². The standard InChI is InChI=1S/C12H14N5O2/c1-13-12(18)15-10-5-3-2-4-9(10)6-17-7-11(16-19)14-8-17/h2-5,7-8,16H,6H2,1H3,(H2,13,15,18)/q-1. The van der Waals surface area contributed by atoms with Gasteiger partial charge in [0.15, 0.2) is 0 Å². The average Bonchev–Trinajstić information content (AvgIpc) is 2.88. The third-order valence-corrected chi connectivity index (χ3v) is 2.58. The monoisotopic (exact) mass is 260 g/mol. The van der Waals surface area contributed by atoms with Gasteiger partial charge in [-0.05, 0) is 11.6 Å². The highest BCUT2D eigenvalue weighted by molar-refractivity contribution is 5.89. The molecule has 0 spiro atoms. The summed E-state index contributed by atoms with van der Waals surface area (Å²) in [6.45, 7) is 0.509. The molecule has 100 valence electrons. The third kappa shape index (κ3) is 3.23. The van der Waals surface area contributed by atoms with Crippen molar-refractivity contribution in [3.05, 3.63) is 47.6 Å². The molecule has 0 aliphatic heterocycles. The van der Waals surface area contributed by atoms with Gasteiger partial charge in [0.25, 0.3) is 0 Å². The number of amides is 2. The van der Waals surface area contributed by atoms with Crippen LogP contribution in [-0.4, -0.2) is 22.6 Å². The molecule has 0 saturated carbocycles. The molecule has 2 rings (SSSR count). The summed E-state index contributed by atoms with van der Waals surface area (Å²) in [7, 11) is 1.56. The first-order valence-electron chi connectivity index (χ1n) is 5.69. The molecule has 2 aromatic rings. The van der Waals surface area contributed by atoms with E-state index in [0.29, 0.717) is 12.2 Å². The van der Waals surface area contributed by atoms with E-state index in [1.165, 1.54) is 0 Å². The molecule has 0 radical (unpaired) electrons. The maximum absolute atomic E-state index is 11.3. The summed E-state index contributed by atoms with van der Waals surface area (Å²) < 4.78 is 1.75. The number of rotatable bonds is 4. The predicted molar refractivity (Wildman–Crippen MR) is 72.8 cm³/mol. The lowest BCUT2D eigenvalue weighted by atomic mass is 10.2. The Morgan fingerprint density at radius 3 is 2.89 bits per heavy atom. The molecule has 1 aromatic heterocycles. The van der Waals surface area contributed by atoms with Gasteiger partial charge < -0.3 is 25.9 Å². The van der Waals surface area contributed by atoms with E-state index in [2.05, 4.69) is 15.6 Å². The Bertz CT molecular complexity index is 567. The number of carbonyl (C=O) groups excluding carboxylic acids is 1. The van der Waals surface area contributed by atoms with Crippen LogP contribution >= 0.6 is 0 Å². The lowest BCUT2D eigenvalue weighted by molar-refractivity contribution is 0.254. The first kappa shape index (κ1) is 12.9. The molecule has 7 nitrogen and oxygen atoms in total. The van der Waals surface area contributed by atoms with E-state index in [4.69, 9.17) is 0 Å². The van der Waals surface area contributed by atoms with Crippen LogP contribution in [0.3, 0.4) is 0 Å². The van der Waals surface area contributed by atoms with Crippen LogP contribution in [0.2, 0.25) is 0 Å². The summed E-state index contributed by atoms with van der Waals surface area (Å²) in [5.41, 5.74) is 3.36. The van der Waals surface area contributed by atoms with Gasteiger partial charge in [0, 0.05) is 18.9 Å². The Kier molecular flexibility index (Phi) is 3.99. The van der Waals surface area contributed by atoms with E-state index in [0.717, 1.165) is 5.56 Å². The van der Waals surface area contributed by atoms with Gasteiger partial charge in [-0.2, -0.15) is 0 Å². The van der Waals surface area contributed by atoms with Crippen molar-refractivity contribution in [1.82, 2.24) is 14.9 Å². The summed E-state index contributed by atoms with van der Waals surface area (Å²) in [4.78, 5) is 15.2. The van der Waals surface area contributed by atoms with Crippen molar-refractivity contribution in [3.8, 4) is 0 Å². The van der Waals surface area contributed by atoms with Gasteiger partial charge in [0.05, 0.1) is 12.9 Å². The number of imidazole rings is 1. The lowest BCUT2D eigenvalue weighted by Gasteiger charge is -2.11. The smallest absolute Gasteiger partial charge is 0.318 e. The van der Waals surface area contributed by atoms with Crippen molar-refractivity contribution >= 4 is 17.5 Å². The van der Waals surface area contributed by atoms with Gasteiger partial charge >= 0.3 is 6.03 Å². The van der Waals surface area contributed by atoms with E-state index in [9.17, 15) is 10.0 Å². The van der Waals surface area contributed by atoms with Gasteiger partial charge in [-0.25, -0.2) is 9.78 Å². The number of carbonyl (C=O) groups is 1. The maximum Gasteiger partial charge on any atom is 0.318 e. The SMILES string of the molecule is CNC(=O)Nc1ccccc1Cn1cnc(N[O-])c1. The van der Waals surface area contributed by atoms with Gasteiger partial charge in [-0.1, -0.05) is 18.2 Å². The Labute approximate surface area is 110 Å². The second-order valence-corrected chi connectivity index (χ2v) is 3.89. The van der Waals surface area contributed by atoms with Crippen molar-refractivity contribution in [1.29, 1.82) is 0 Å². The zero-order valence-corrected chi connectivity index (χ0v) is 10.4. The summed E-state index contributed by atoms with van der Waals surface area (Å²) in [6, 6.07) is 7.16. The number of urea groups is 1. The minimum absolute atomic E-state index is 0.261. The molecule has 1 aromatic carbocycles. The molecule has 0 aliphatic rings. The molecule has 0 aliphatic carbocycles. The van der Waals surface area contributed by atoms with Crippen LogP contribution < -0.4 is 16.1 Å². The fraction of sp³-hybridized carbons (Fsp3) is 0.167. The van der Waals surface area contributed by atoms with Crippen molar-refractivity contribution in [2.24, 2.45) is 0 Å². The van der Waals surface area contributed by atoms with Crippen LogP contribution in [0.5, 0.6) is 0 Å². The molecular formula is C12H14N5O2-. The van der Waals surface area contributed by atoms with Crippen LogP contribution in [0.4, 0.5) is 16.3 Å². The molecule has 0 fully saturated rings. The highest BCUT2D eigenvalue weighted by Gasteiger charge is 2.05. The quantitative estimate of drug-likeness (QED) is 0.728. The van der Waals surface area contributed by atoms with E-state index in [1.807, 2.05) is 24.3 Å². The third-order valence-electron chi connectivity index (χ3n) is 2.58. The molecule has 0 saturated heterocycles. The minimum atomic E-state index is -0.278. The number of aromatic nitrogens is 2. The number of hydrogen-bond donors (Lipinski definition) is 3. The largest absolute Gasteiger partial charge is 0.760 e. The number of nitrogens with zero attached hydrogens (tertiary/aromatic N) is 2. The topological polar surface area (TPSA) is 94.0 Å². The second kappa shape index (κ2) is 5.87. The van der Waals surface area contributed by atoms with Crippen LogP contribution in [0.25, 0.3) is 0 Å². The Morgan fingerprint density at radius 1 is 1.42 bits per heavy atom. The second-order valence-electron chi connectivity index (χ2n) is 3.89. The average molecular weight is 260 g/mol. The molecule has 0 unspecified atom stereocenters. The molecular weight excluding hydrogens is 246 g/mol. The number of para-hydroxylation sites is 1. The molecule has 19 heavy (non-hydrogen) atoms. The number of benzene rings is 1. The number of nitrogens with one attached hydrogen (secondary N) is 3. The van der Waals surface area contributed by atoms with Crippen molar-refractivity contribution < 1.29 is 4.79 Å². The summed E-state index contributed by atoms with van der Waals surface area (Å²) >= 11 is 0. The minimum Gasteiger partial charge on any atom is -0.760 e. The van der Waals surface area contributed by atoms with Crippen LogP contribution in [0.1, 0.15) is 5.56 Å². The van der Waals surface area contributed by atoms with Crippen LogP contribution in [0, 0.1) is 5.21 Å². The highest BCUT2D eigenvalue weighted by Crippen LogP contribution is 2.17. The summed E-state index contributed by atoms with van der Waals surface area (Å²) in [6.07, 6.45) is 3.15. The molecule has 2 amide bonds. The first-order chi connectivity index (χ1) is 9.22. The van der Waals surface area contributed by atoms with Crippen molar-refractivity contribution in [3.63, 3.8) is 0 Å². The maximum atomic E-state index is 11.3. The van der Waals surface area contributed by atoms with E-state index < -0.39 is 0 Å². The zero-order chi connectivity index (χ0) is 13.7. The highest BCUT2D eigenvalue weighted by atomic mass is 16.5. The Morgan fingerprint density at radius 2 is 2.21 bits per heavy atom. The van der Waals surface area contributed by atoms with Crippen molar-refractivity contribution in [2.75, 3.05) is 17.8 Å². The molecule has 1 heterocycles. The Hall–Kier alpha value is -2.54. The van der Waals surface area contributed by atoms with Crippen molar-refractivity contribution in [2.45, 2.75) is 6.54 Å². The molecule has 7 heteroatoms. The van der Waals surface area contributed by atoms with Gasteiger partial charge in [-0.15, -0.1) is 0 Å².